The van der Waals surface area contributed by atoms with Crippen molar-refractivity contribution in [3.05, 3.63) is 41.3 Å². The van der Waals surface area contributed by atoms with Gasteiger partial charge in [-0.25, -0.2) is 9.97 Å². The van der Waals surface area contributed by atoms with Crippen molar-refractivity contribution in [2.75, 3.05) is 50.0 Å². The summed E-state index contributed by atoms with van der Waals surface area (Å²) in [5, 5.41) is 3.72. The van der Waals surface area contributed by atoms with Gasteiger partial charge in [0.2, 0.25) is 6.79 Å². The van der Waals surface area contributed by atoms with Gasteiger partial charge in [0.25, 0.3) is 0 Å². The van der Waals surface area contributed by atoms with Gasteiger partial charge in [-0.2, -0.15) is 0 Å². The molecule has 2 aromatic rings. The molecule has 1 saturated heterocycles. The minimum absolute atomic E-state index is 0.0275. The number of rotatable bonds is 48. The highest BCUT2D eigenvalue weighted by Crippen LogP contribution is 2.36. The van der Waals surface area contributed by atoms with Crippen LogP contribution in [0.5, 0.6) is 0 Å². The maximum absolute atomic E-state index is 13.2. The highest BCUT2D eigenvalue weighted by Gasteiger charge is 2.27. The van der Waals surface area contributed by atoms with Crippen LogP contribution in [0.15, 0.2) is 30.6 Å². The molecule has 0 radical (unpaired) electrons. The molecule has 0 bridgehead atoms. The van der Waals surface area contributed by atoms with E-state index in [9.17, 15) is 24.0 Å². The van der Waals surface area contributed by atoms with Crippen molar-refractivity contribution in [2.45, 2.75) is 271 Å². The van der Waals surface area contributed by atoms with Gasteiger partial charge in [0, 0.05) is 51.5 Å². The third-order valence-corrected chi connectivity index (χ3v) is 15.2. The number of carbonyl (C=O) groups excluding carboxylic acids is 5. The Kier molecular flexibility index (Phi) is 39.3. The summed E-state index contributed by atoms with van der Waals surface area (Å²) in [7, 11) is 0. The Hall–Kier alpha value is -4.50. The lowest BCUT2D eigenvalue weighted by Crippen LogP contribution is -2.42. The summed E-state index contributed by atoms with van der Waals surface area (Å²) in [4.78, 5) is 75.8. The molecule has 15 nitrogen and oxygen atoms in total. The van der Waals surface area contributed by atoms with Crippen molar-refractivity contribution < 1.29 is 52.4 Å². The Labute approximate surface area is 493 Å². The monoisotopic (exact) mass is 1150 g/mol. The fourth-order valence-corrected chi connectivity index (χ4v) is 10.4. The van der Waals surface area contributed by atoms with Crippen molar-refractivity contribution >= 4 is 58.6 Å². The molecule has 1 aliphatic heterocycles. The van der Waals surface area contributed by atoms with Crippen molar-refractivity contribution in [3.8, 4) is 0 Å². The summed E-state index contributed by atoms with van der Waals surface area (Å²) in [6, 6.07) is 6.41. The van der Waals surface area contributed by atoms with Crippen LogP contribution in [0.25, 0.3) is 0 Å². The van der Waals surface area contributed by atoms with Gasteiger partial charge >= 0.3 is 29.8 Å². The fraction of sp³-hybridized carbons (Fsp3) is 0.769. The molecular formula is C65H107ClN4O11. The standard InChI is InChI=1S/C65H107ClN4O11/c1-7-9-11-13-15-17-19-21-23-25-27-29-31-33-61(71)77-48-56(49-78-62(72)34-32-30-28-26-24-22-20-18-16-14-12-10-8-2)81-65(75)42-52(5)41-63(73)79-50-80-64(74)43-53(6)54-35-36-58(57(44-54)69-60-46-67-59(66)45-68-60)70(47-51(3)4)55-37-39-76-40-38-55/h35-36,44-46,51-53,55-56H,7-34,37-43,47-50H2,1-6H3,(H,68,69)/t52?,53-/m1/s1. The van der Waals surface area contributed by atoms with Crippen LogP contribution in [0.1, 0.15) is 265 Å². The molecule has 2 atom stereocenters. The van der Waals surface area contributed by atoms with Gasteiger partial charge in [0.1, 0.15) is 24.2 Å². The number of unbranched alkanes of at least 4 members (excludes halogenated alkanes) is 24. The second-order valence-electron chi connectivity index (χ2n) is 23.2. The van der Waals surface area contributed by atoms with E-state index in [1.165, 1.54) is 122 Å². The molecule has 1 aromatic carbocycles. The highest BCUT2D eigenvalue weighted by atomic mass is 35.5. The lowest BCUT2D eigenvalue weighted by molar-refractivity contribution is -0.170. The first kappa shape index (κ1) is 70.8. The van der Waals surface area contributed by atoms with Crippen molar-refractivity contribution in [1.82, 2.24) is 9.97 Å². The van der Waals surface area contributed by atoms with Gasteiger partial charge in [0.15, 0.2) is 6.10 Å². The van der Waals surface area contributed by atoms with Crippen LogP contribution >= 0.6 is 11.6 Å². The van der Waals surface area contributed by atoms with Crippen molar-refractivity contribution in [1.29, 1.82) is 0 Å². The zero-order valence-corrected chi connectivity index (χ0v) is 51.8. The molecule has 3 rings (SSSR count). The number of halogens is 1. The van der Waals surface area contributed by atoms with Crippen molar-refractivity contribution in [2.24, 2.45) is 11.8 Å². The van der Waals surface area contributed by atoms with Gasteiger partial charge in [-0.15, -0.1) is 0 Å². The predicted octanol–water partition coefficient (Wildman–Crippen LogP) is 16.4. The molecule has 81 heavy (non-hydrogen) atoms. The van der Waals surface area contributed by atoms with Gasteiger partial charge in [0.05, 0.1) is 30.2 Å². The van der Waals surface area contributed by atoms with Gasteiger partial charge in [-0.3, -0.25) is 24.0 Å². The molecule has 460 valence electrons. The molecular weight excluding hydrogens is 1050 g/mol. The van der Waals surface area contributed by atoms with E-state index in [0.29, 0.717) is 43.8 Å². The number of carbonyl (C=O) groups is 5. The minimum atomic E-state index is -1.00. The maximum Gasteiger partial charge on any atom is 0.309 e. The lowest BCUT2D eigenvalue weighted by atomic mass is 9.95. The molecule has 0 amide bonds. The van der Waals surface area contributed by atoms with Crippen LogP contribution in [0.3, 0.4) is 0 Å². The van der Waals surface area contributed by atoms with E-state index in [1.807, 2.05) is 19.1 Å². The molecule has 1 fully saturated rings. The SMILES string of the molecule is CCCCCCCCCCCCCCCC(=O)OCC(COC(=O)CCCCCCCCCCCCCCC)OC(=O)CC(C)CC(=O)OCOC(=O)C[C@@H](C)c1ccc(N(CC(C)C)C2CCOCC2)c(Nc2cnc(Cl)cn2)c1. The molecule has 1 N–H and O–H groups in total. The van der Waals surface area contributed by atoms with E-state index < -0.39 is 36.7 Å². The Morgan fingerprint density at radius 1 is 0.593 bits per heavy atom. The van der Waals surface area contributed by atoms with Crippen LogP contribution in [0, 0.1) is 11.8 Å². The maximum atomic E-state index is 13.2. The van der Waals surface area contributed by atoms with Gasteiger partial charge < -0.3 is 38.6 Å². The number of nitrogens with one attached hydrogen (secondary N) is 1. The van der Waals surface area contributed by atoms with E-state index in [2.05, 4.69) is 53.9 Å². The summed E-state index contributed by atoms with van der Waals surface area (Å²) in [6.07, 6.45) is 35.4. The summed E-state index contributed by atoms with van der Waals surface area (Å²) < 4.78 is 33.1. The number of aromatic nitrogens is 2. The molecule has 1 aromatic heterocycles. The molecule has 0 aliphatic carbocycles. The quantitative estimate of drug-likeness (QED) is 0.0286. The fourth-order valence-electron chi connectivity index (χ4n) is 10.3. The summed E-state index contributed by atoms with van der Waals surface area (Å²) in [5.41, 5.74) is 2.71. The number of ether oxygens (including phenoxy) is 6. The molecule has 1 unspecified atom stereocenters. The second-order valence-corrected chi connectivity index (χ2v) is 23.6. The zero-order valence-electron chi connectivity index (χ0n) is 51.1. The third kappa shape index (κ3) is 34.6. The second kappa shape index (κ2) is 45.0. The summed E-state index contributed by atoms with van der Waals surface area (Å²) >= 11 is 6.05. The predicted molar refractivity (Wildman–Crippen MR) is 324 cm³/mol. The number of esters is 5. The normalized spacial score (nSPS) is 13.4. The van der Waals surface area contributed by atoms with Crippen LogP contribution in [-0.2, 0) is 52.4 Å². The Bertz CT molecular complexity index is 1960. The first-order valence-electron chi connectivity index (χ1n) is 31.8. The minimum Gasteiger partial charge on any atom is -0.462 e. The number of benzene rings is 1. The summed E-state index contributed by atoms with van der Waals surface area (Å²) in [6.45, 7) is 13.7. The number of anilines is 3. The molecule has 1 aliphatic rings. The third-order valence-electron chi connectivity index (χ3n) is 15.0. The van der Waals surface area contributed by atoms with Crippen molar-refractivity contribution in [3.63, 3.8) is 0 Å². The van der Waals surface area contributed by atoms with E-state index in [-0.39, 0.29) is 68.3 Å². The van der Waals surface area contributed by atoms with Crippen LogP contribution in [0.2, 0.25) is 5.15 Å². The number of nitrogens with zero attached hydrogens (tertiary/aromatic N) is 3. The van der Waals surface area contributed by atoms with Gasteiger partial charge in [-0.05, 0) is 61.1 Å². The smallest absolute Gasteiger partial charge is 0.309 e. The van der Waals surface area contributed by atoms with E-state index in [1.54, 1.807) is 13.1 Å². The molecule has 0 spiro atoms. The average Bonchev–Trinajstić information content (AvgIpc) is 3.46. The number of hydrogen-bond acceptors (Lipinski definition) is 15. The first-order valence-corrected chi connectivity index (χ1v) is 32.2. The molecule has 0 saturated carbocycles. The zero-order chi connectivity index (χ0) is 58.7. The van der Waals surface area contributed by atoms with Gasteiger partial charge in [-0.1, -0.05) is 213 Å². The number of hydrogen-bond donors (Lipinski definition) is 1. The molecule has 16 heteroatoms. The van der Waals surface area contributed by atoms with Crippen LogP contribution < -0.4 is 10.2 Å². The lowest BCUT2D eigenvalue weighted by Gasteiger charge is -2.38. The molecule has 2 heterocycles. The Balaban J connectivity index is 1.45. The van der Waals surface area contributed by atoms with E-state index in [4.69, 9.17) is 40.0 Å². The van der Waals surface area contributed by atoms with E-state index >= 15 is 0 Å². The van der Waals surface area contributed by atoms with Crippen LogP contribution in [-0.4, -0.2) is 91.7 Å². The average molecular weight is 1160 g/mol. The first-order chi connectivity index (χ1) is 39.3. The van der Waals surface area contributed by atoms with E-state index in [0.717, 1.165) is 74.8 Å². The Morgan fingerprint density at radius 2 is 1.06 bits per heavy atom. The topological polar surface area (TPSA) is 182 Å². The van der Waals surface area contributed by atoms with Crippen LogP contribution in [0.4, 0.5) is 17.2 Å². The largest absolute Gasteiger partial charge is 0.462 e. The Morgan fingerprint density at radius 3 is 1.53 bits per heavy atom. The summed E-state index contributed by atoms with van der Waals surface area (Å²) in [5.74, 6) is -2.43. The highest BCUT2D eigenvalue weighted by molar-refractivity contribution is 6.29.